The Kier molecular flexibility index (Phi) is 3.25. The van der Waals surface area contributed by atoms with E-state index in [0.717, 1.165) is 5.56 Å². The Morgan fingerprint density at radius 1 is 1.07 bits per heavy atom. The zero-order valence-corrected chi connectivity index (χ0v) is 9.12. The van der Waals surface area contributed by atoms with E-state index in [1.54, 1.807) is 13.0 Å². The summed E-state index contributed by atoms with van der Waals surface area (Å²) in [6.45, 7) is 7.41. The van der Waals surface area contributed by atoms with E-state index >= 15 is 0 Å². The highest BCUT2D eigenvalue weighted by atomic mass is 19.2. The number of rotatable bonds is 2. The molecule has 0 amide bonds. The summed E-state index contributed by atoms with van der Waals surface area (Å²) in [6, 6.07) is 1.70. The lowest BCUT2D eigenvalue weighted by Crippen LogP contribution is -2.04. The summed E-state index contributed by atoms with van der Waals surface area (Å²) in [5.41, 5.74) is 1.74. The summed E-state index contributed by atoms with van der Waals surface area (Å²) >= 11 is 0. The fourth-order valence-corrected chi connectivity index (χ4v) is 1.61. The molecule has 0 aliphatic heterocycles. The first-order valence-corrected chi connectivity index (χ1v) is 4.87. The van der Waals surface area contributed by atoms with Gasteiger partial charge in [-0.15, -0.1) is 0 Å². The number of halogens is 2. The molecule has 0 bridgehead atoms. The maximum atomic E-state index is 13.5. The Morgan fingerprint density at radius 3 is 2.14 bits per heavy atom. The lowest BCUT2D eigenvalue weighted by molar-refractivity contribution is 0.483. The number of aryl methyl sites for hydroxylation is 2. The normalized spacial score (nSPS) is 11.1. The fraction of sp³-hybridized carbons (Fsp3) is 0.500. The molecule has 0 aliphatic carbocycles. The molecule has 0 N–H and O–H groups in total. The van der Waals surface area contributed by atoms with E-state index in [0.29, 0.717) is 23.5 Å². The third-order valence-electron chi connectivity index (χ3n) is 2.33. The quantitative estimate of drug-likeness (QED) is 0.678. The molecule has 0 spiro atoms. The van der Waals surface area contributed by atoms with Gasteiger partial charge in [-0.1, -0.05) is 19.9 Å². The molecule has 1 aromatic carbocycles. The monoisotopic (exact) mass is 198 g/mol. The van der Waals surface area contributed by atoms with Gasteiger partial charge in [0.1, 0.15) is 0 Å². The lowest BCUT2D eigenvalue weighted by Gasteiger charge is -2.12. The van der Waals surface area contributed by atoms with Crippen LogP contribution in [0.25, 0.3) is 0 Å². The minimum Gasteiger partial charge on any atom is -0.203 e. The van der Waals surface area contributed by atoms with E-state index in [1.807, 2.05) is 20.8 Å². The number of hydrogen-bond acceptors (Lipinski definition) is 0. The molecule has 0 nitrogen and oxygen atoms in total. The lowest BCUT2D eigenvalue weighted by atomic mass is 9.96. The molecule has 0 heterocycles. The smallest absolute Gasteiger partial charge is 0.162 e. The summed E-state index contributed by atoms with van der Waals surface area (Å²) in [5, 5.41) is 0. The molecular formula is C12H16F2. The molecule has 0 aromatic heterocycles. The Morgan fingerprint density at radius 2 is 1.64 bits per heavy atom. The SMILES string of the molecule is Cc1cc(C)c(CC(C)C)c(F)c1F. The highest BCUT2D eigenvalue weighted by Gasteiger charge is 2.14. The molecule has 0 aliphatic rings. The van der Waals surface area contributed by atoms with Gasteiger partial charge in [0.25, 0.3) is 0 Å². The zero-order chi connectivity index (χ0) is 10.9. The van der Waals surface area contributed by atoms with Gasteiger partial charge in [-0.2, -0.15) is 0 Å². The van der Waals surface area contributed by atoms with Crippen molar-refractivity contribution in [1.29, 1.82) is 0 Å². The second-order valence-corrected chi connectivity index (χ2v) is 4.21. The van der Waals surface area contributed by atoms with Crippen molar-refractivity contribution in [3.63, 3.8) is 0 Å². The minimum absolute atomic E-state index is 0.338. The van der Waals surface area contributed by atoms with E-state index in [9.17, 15) is 8.78 Å². The zero-order valence-electron chi connectivity index (χ0n) is 9.12. The maximum absolute atomic E-state index is 13.5. The predicted octanol–water partition coefficient (Wildman–Crippen LogP) is 3.78. The molecule has 1 rings (SSSR count). The summed E-state index contributed by atoms with van der Waals surface area (Å²) < 4.78 is 26.8. The van der Waals surface area contributed by atoms with E-state index < -0.39 is 11.6 Å². The molecular weight excluding hydrogens is 182 g/mol. The first-order valence-electron chi connectivity index (χ1n) is 4.87. The molecule has 0 unspecified atom stereocenters. The Hall–Kier alpha value is -0.920. The van der Waals surface area contributed by atoms with Crippen molar-refractivity contribution in [3.8, 4) is 0 Å². The van der Waals surface area contributed by atoms with Crippen LogP contribution in [-0.4, -0.2) is 0 Å². The van der Waals surface area contributed by atoms with Crippen molar-refractivity contribution < 1.29 is 8.78 Å². The first-order chi connectivity index (χ1) is 6.43. The fourth-order valence-electron chi connectivity index (χ4n) is 1.61. The van der Waals surface area contributed by atoms with Gasteiger partial charge in [0.15, 0.2) is 11.6 Å². The van der Waals surface area contributed by atoms with Gasteiger partial charge in [-0.25, -0.2) is 8.78 Å². The van der Waals surface area contributed by atoms with Crippen molar-refractivity contribution in [2.24, 2.45) is 5.92 Å². The van der Waals surface area contributed by atoms with Gasteiger partial charge in [0.2, 0.25) is 0 Å². The van der Waals surface area contributed by atoms with E-state index in [-0.39, 0.29) is 0 Å². The van der Waals surface area contributed by atoms with Crippen LogP contribution in [0.4, 0.5) is 8.78 Å². The highest BCUT2D eigenvalue weighted by Crippen LogP contribution is 2.22. The average Bonchev–Trinajstić information content (AvgIpc) is 2.09. The largest absolute Gasteiger partial charge is 0.203 e. The van der Waals surface area contributed by atoms with Gasteiger partial charge in [0.05, 0.1) is 0 Å². The predicted molar refractivity (Wildman–Crippen MR) is 54.4 cm³/mol. The van der Waals surface area contributed by atoms with Crippen LogP contribution in [0.3, 0.4) is 0 Å². The standard InChI is InChI=1S/C12H16F2/c1-7(2)5-10-8(3)6-9(4)11(13)12(10)14/h6-7H,5H2,1-4H3. The molecule has 78 valence electrons. The van der Waals surface area contributed by atoms with Crippen LogP contribution in [0.15, 0.2) is 6.07 Å². The number of hydrogen-bond donors (Lipinski definition) is 0. The Balaban J connectivity index is 3.22. The van der Waals surface area contributed by atoms with Crippen LogP contribution in [0.5, 0.6) is 0 Å². The Bertz CT molecular complexity index is 341. The maximum Gasteiger partial charge on any atom is 0.162 e. The van der Waals surface area contributed by atoms with Gasteiger partial charge < -0.3 is 0 Å². The van der Waals surface area contributed by atoms with Crippen LogP contribution in [0, 0.1) is 31.4 Å². The van der Waals surface area contributed by atoms with Crippen LogP contribution < -0.4 is 0 Å². The highest BCUT2D eigenvalue weighted by molar-refractivity contribution is 5.33. The van der Waals surface area contributed by atoms with Gasteiger partial charge >= 0.3 is 0 Å². The molecule has 0 radical (unpaired) electrons. The molecule has 0 atom stereocenters. The minimum atomic E-state index is -0.703. The summed E-state index contributed by atoms with van der Waals surface area (Å²) in [6.07, 6.45) is 0.592. The Labute approximate surface area is 84.0 Å². The summed E-state index contributed by atoms with van der Waals surface area (Å²) in [5.74, 6) is -1.03. The van der Waals surface area contributed by atoms with Crippen molar-refractivity contribution in [3.05, 3.63) is 34.4 Å². The van der Waals surface area contributed by atoms with Crippen LogP contribution >= 0.6 is 0 Å². The van der Waals surface area contributed by atoms with Crippen LogP contribution in [-0.2, 0) is 6.42 Å². The molecule has 0 saturated carbocycles. The topological polar surface area (TPSA) is 0 Å². The van der Waals surface area contributed by atoms with Crippen molar-refractivity contribution in [2.75, 3.05) is 0 Å². The second-order valence-electron chi connectivity index (χ2n) is 4.21. The van der Waals surface area contributed by atoms with E-state index in [2.05, 4.69) is 0 Å². The molecule has 14 heavy (non-hydrogen) atoms. The first kappa shape index (κ1) is 11.2. The average molecular weight is 198 g/mol. The summed E-state index contributed by atoms with van der Waals surface area (Å²) in [7, 11) is 0. The molecule has 2 heteroatoms. The van der Waals surface area contributed by atoms with Gasteiger partial charge in [0, 0.05) is 0 Å². The molecule has 0 fully saturated rings. The van der Waals surface area contributed by atoms with Gasteiger partial charge in [-0.3, -0.25) is 0 Å². The van der Waals surface area contributed by atoms with Crippen molar-refractivity contribution >= 4 is 0 Å². The number of benzene rings is 1. The van der Waals surface area contributed by atoms with Crippen molar-refractivity contribution in [1.82, 2.24) is 0 Å². The summed E-state index contributed by atoms with van der Waals surface area (Å²) in [4.78, 5) is 0. The van der Waals surface area contributed by atoms with Gasteiger partial charge in [-0.05, 0) is 42.9 Å². The third kappa shape index (κ3) is 2.11. The molecule has 1 aromatic rings. The van der Waals surface area contributed by atoms with Crippen molar-refractivity contribution in [2.45, 2.75) is 34.1 Å². The van der Waals surface area contributed by atoms with Crippen LogP contribution in [0.2, 0.25) is 0 Å². The molecule has 0 saturated heterocycles. The van der Waals surface area contributed by atoms with Crippen LogP contribution in [0.1, 0.15) is 30.5 Å². The van der Waals surface area contributed by atoms with E-state index in [1.165, 1.54) is 0 Å². The van der Waals surface area contributed by atoms with E-state index in [4.69, 9.17) is 0 Å². The second kappa shape index (κ2) is 4.07. The third-order valence-corrected chi connectivity index (χ3v) is 2.33.